The van der Waals surface area contributed by atoms with E-state index in [9.17, 15) is 18.3 Å². The van der Waals surface area contributed by atoms with Crippen LogP contribution in [0.4, 0.5) is 5.69 Å². The fourth-order valence-electron chi connectivity index (χ4n) is 6.14. The lowest BCUT2D eigenvalue weighted by atomic mass is 9.65. The molecule has 4 atom stereocenters. The van der Waals surface area contributed by atoms with Crippen LogP contribution in [0.2, 0.25) is 5.02 Å². The number of halogens is 1. The number of hydrogen-bond acceptors (Lipinski definition) is 6. The Hall–Kier alpha value is -2.55. The van der Waals surface area contributed by atoms with Crippen LogP contribution in [-0.4, -0.2) is 43.4 Å². The third-order valence-corrected chi connectivity index (χ3v) is 10.8. The summed E-state index contributed by atoms with van der Waals surface area (Å²) in [6.07, 6.45) is 9.27. The molecule has 2 aromatic rings. The highest BCUT2D eigenvalue weighted by Crippen LogP contribution is 2.44. The molecule has 1 saturated carbocycles. The normalized spacial score (nSPS) is 29.9. The summed E-state index contributed by atoms with van der Waals surface area (Å²) in [5.41, 5.74) is 2.30. The number of sulfonamides is 1. The standard InChI is InChI=1S/C31H39ClN2O5S/c1-21-7-3-5-15-31(2,36)27-13-10-24(27)19-34-16-6-4-8-22-17-26(32)12-9-25(22)20-39-29-14-11-23(18-28(29)34)30(35)33-40(21,37)38/h5,9,11-12,14-15,17-18,21,24,27,36H,3-4,6-8,10,13,16,19-20H2,1-2H3,(H,33,35)/b15-5+/t21-,24+,27-,31+/m1/s1. The number of allylic oxidation sites excluding steroid dienone is 1. The first-order chi connectivity index (χ1) is 19.0. The van der Waals surface area contributed by atoms with Crippen LogP contribution < -0.4 is 14.4 Å². The number of carbonyl (C=O) groups excluding carboxylic acids is 1. The van der Waals surface area contributed by atoms with Gasteiger partial charge >= 0.3 is 0 Å². The van der Waals surface area contributed by atoms with Crippen molar-refractivity contribution in [1.82, 2.24) is 4.72 Å². The Bertz CT molecular complexity index is 1390. The maximum absolute atomic E-state index is 13.2. The topological polar surface area (TPSA) is 95.9 Å². The molecule has 1 aliphatic carbocycles. The second-order valence-corrected chi connectivity index (χ2v) is 14.3. The molecule has 216 valence electrons. The Kier molecular flexibility index (Phi) is 8.50. The molecule has 0 saturated heterocycles. The van der Waals surface area contributed by atoms with Gasteiger partial charge in [-0.05, 0) is 112 Å². The van der Waals surface area contributed by atoms with Crippen molar-refractivity contribution in [3.8, 4) is 5.75 Å². The molecule has 0 aromatic heterocycles. The van der Waals surface area contributed by atoms with E-state index in [0.717, 1.165) is 49.9 Å². The van der Waals surface area contributed by atoms with E-state index in [4.69, 9.17) is 16.3 Å². The molecule has 3 aliphatic rings. The van der Waals surface area contributed by atoms with Gasteiger partial charge in [0.15, 0.2) is 0 Å². The molecule has 1 amide bonds. The Balaban J connectivity index is 1.55. The third-order valence-electron chi connectivity index (χ3n) is 8.82. The van der Waals surface area contributed by atoms with Gasteiger partial charge in [0.05, 0.1) is 16.5 Å². The first kappa shape index (κ1) is 29.0. The van der Waals surface area contributed by atoms with E-state index < -0.39 is 26.8 Å². The van der Waals surface area contributed by atoms with Crippen LogP contribution in [0.5, 0.6) is 5.75 Å². The summed E-state index contributed by atoms with van der Waals surface area (Å²) in [5, 5.41) is 11.3. The zero-order chi connectivity index (χ0) is 28.5. The van der Waals surface area contributed by atoms with E-state index in [1.165, 1.54) is 5.56 Å². The van der Waals surface area contributed by atoms with Gasteiger partial charge < -0.3 is 14.7 Å². The van der Waals surface area contributed by atoms with Crippen molar-refractivity contribution in [1.29, 1.82) is 0 Å². The van der Waals surface area contributed by atoms with E-state index in [1.807, 2.05) is 37.3 Å². The minimum absolute atomic E-state index is 0.0956. The predicted molar refractivity (Wildman–Crippen MR) is 158 cm³/mol. The maximum Gasteiger partial charge on any atom is 0.264 e. The van der Waals surface area contributed by atoms with Gasteiger partial charge in [-0.1, -0.05) is 29.8 Å². The quantitative estimate of drug-likeness (QED) is 0.388. The molecule has 2 heterocycles. The smallest absolute Gasteiger partial charge is 0.264 e. The Labute approximate surface area is 242 Å². The number of nitrogens with zero attached hydrogens (tertiary/aromatic N) is 1. The monoisotopic (exact) mass is 586 g/mol. The number of ether oxygens (including phenoxy) is 1. The number of fused-ring (bicyclic) bond motifs is 3. The minimum Gasteiger partial charge on any atom is -0.487 e. The lowest BCUT2D eigenvalue weighted by Gasteiger charge is -2.47. The van der Waals surface area contributed by atoms with E-state index in [0.29, 0.717) is 36.8 Å². The second kappa shape index (κ2) is 11.7. The van der Waals surface area contributed by atoms with E-state index in [-0.39, 0.29) is 17.4 Å². The SMILES string of the molecule is C[C@@H]1CC/C=C/[C@](C)(O)[C@@H]2CC[C@H]2CN2CCCCc3cc(Cl)ccc3COc3ccc(cc32)C(=O)NS1(=O)=O. The Morgan fingerprint density at radius 1 is 1.10 bits per heavy atom. The number of aliphatic hydroxyl groups is 1. The van der Waals surface area contributed by atoms with Gasteiger partial charge in [0.2, 0.25) is 10.0 Å². The van der Waals surface area contributed by atoms with Crippen LogP contribution in [0.1, 0.15) is 73.9 Å². The summed E-state index contributed by atoms with van der Waals surface area (Å²) >= 11 is 6.29. The van der Waals surface area contributed by atoms with Crippen molar-refractivity contribution in [2.24, 2.45) is 11.8 Å². The number of amides is 1. The van der Waals surface area contributed by atoms with Gasteiger partial charge in [-0.3, -0.25) is 4.79 Å². The summed E-state index contributed by atoms with van der Waals surface area (Å²) in [7, 11) is -3.88. The number of rotatable bonds is 0. The number of nitrogens with one attached hydrogen (secondary N) is 1. The molecule has 5 rings (SSSR count). The van der Waals surface area contributed by atoms with Crippen LogP contribution in [0.25, 0.3) is 0 Å². The molecule has 0 unspecified atom stereocenters. The van der Waals surface area contributed by atoms with Gasteiger partial charge in [-0.2, -0.15) is 0 Å². The first-order valence-corrected chi connectivity index (χ1v) is 16.2. The van der Waals surface area contributed by atoms with Gasteiger partial charge in [-0.15, -0.1) is 0 Å². The van der Waals surface area contributed by atoms with Gasteiger partial charge in [0.1, 0.15) is 12.4 Å². The van der Waals surface area contributed by atoms with Crippen LogP contribution in [0, 0.1) is 11.8 Å². The molecule has 0 radical (unpaired) electrons. The fourth-order valence-corrected chi connectivity index (χ4v) is 7.36. The molecule has 7 nitrogen and oxygen atoms in total. The van der Waals surface area contributed by atoms with E-state index >= 15 is 0 Å². The number of benzene rings is 2. The molecule has 2 bridgehead atoms. The average molecular weight is 587 g/mol. The average Bonchev–Trinajstić information content (AvgIpc) is 2.91. The lowest BCUT2D eigenvalue weighted by Crippen LogP contribution is -2.48. The van der Waals surface area contributed by atoms with Crippen LogP contribution >= 0.6 is 11.6 Å². The van der Waals surface area contributed by atoms with Crippen LogP contribution in [-0.2, 0) is 23.1 Å². The first-order valence-electron chi connectivity index (χ1n) is 14.3. The number of hydrogen-bond donors (Lipinski definition) is 2. The van der Waals surface area contributed by atoms with Crippen molar-refractivity contribution in [2.75, 3.05) is 18.0 Å². The van der Waals surface area contributed by atoms with Crippen molar-refractivity contribution < 1.29 is 23.1 Å². The van der Waals surface area contributed by atoms with Crippen molar-refractivity contribution in [2.45, 2.75) is 76.3 Å². The second-order valence-electron chi connectivity index (χ2n) is 11.7. The molecule has 1 fully saturated rings. The third kappa shape index (κ3) is 6.34. The highest BCUT2D eigenvalue weighted by Gasteiger charge is 2.43. The molecule has 40 heavy (non-hydrogen) atoms. The van der Waals surface area contributed by atoms with E-state index in [2.05, 4.69) is 9.62 Å². The summed E-state index contributed by atoms with van der Waals surface area (Å²) in [6, 6.07) is 11.0. The van der Waals surface area contributed by atoms with Crippen molar-refractivity contribution in [3.63, 3.8) is 0 Å². The molecule has 0 spiro atoms. The predicted octanol–water partition coefficient (Wildman–Crippen LogP) is 5.64. The van der Waals surface area contributed by atoms with Crippen LogP contribution in [0.3, 0.4) is 0 Å². The lowest BCUT2D eigenvalue weighted by molar-refractivity contribution is -0.0312. The van der Waals surface area contributed by atoms with Gasteiger partial charge in [0, 0.05) is 23.7 Å². The molecule has 2 aromatic carbocycles. The maximum atomic E-state index is 13.2. The van der Waals surface area contributed by atoms with Crippen LogP contribution in [0.15, 0.2) is 48.6 Å². The molecule has 2 aliphatic heterocycles. The van der Waals surface area contributed by atoms with E-state index in [1.54, 1.807) is 25.1 Å². The summed E-state index contributed by atoms with van der Waals surface area (Å²) in [6.45, 7) is 5.27. The largest absolute Gasteiger partial charge is 0.487 e. The van der Waals surface area contributed by atoms with Crippen molar-refractivity contribution >= 4 is 33.2 Å². The zero-order valence-electron chi connectivity index (χ0n) is 23.2. The molecular weight excluding hydrogens is 548 g/mol. The number of anilines is 1. The van der Waals surface area contributed by atoms with Crippen molar-refractivity contribution in [3.05, 3.63) is 70.3 Å². The highest BCUT2D eigenvalue weighted by molar-refractivity contribution is 7.90. The minimum atomic E-state index is -3.88. The summed E-state index contributed by atoms with van der Waals surface area (Å²) in [4.78, 5) is 15.4. The summed E-state index contributed by atoms with van der Waals surface area (Å²) < 4.78 is 34.5. The number of carbonyl (C=O) groups is 1. The molecular formula is C31H39ClN2O5S. The zero-order valence-corrected chi connectivity index (χ0v) is 24.8. The van der Waals surface area contributed by atoms with Gasteiger partial charge in [0.25, 0.3) is 5.91 Å². The molecule has 2 N–H and O–H groups in total. The summed E-state index contributed by atoms with van der Waals surface area (Å²) in [5.74, 6) is 0.367. The number of aryl methyl sites for hydroxylation is 1. The fraction of sp³-hybridized carbons (Fsp3) is 0.516. The molecule has 9 heteroatoms. The van der Waals surface area contributed by atoms with Gasteiger partial charge in [-0.25, -0.2) is 13.1 Å². The Morgan fingerprint density at radius 2 is 1.93 bits per heavy atom. The highest BCUT2D eigenvalue weighted by atomic mass is 35.5. The Morgan fingerprint density at radius 3 is 2.70 bits per heavy atom.